The maximum Gasteiger partial charge on any atom is 0.416 e. The number of hydrogen-bond acceptors (Lipinski definition) is 2. The molecule has 1 atom stereocenters. The average molecular weight is 308 g/mol. The van der Waals surface area contributed by atoms with Gasteiger partial charge in [-0.1, -0.05) is 18.2 Å². The SMILES string of the molecule is Cc1cccc(C(=O)NC(C)c2ccc(C(F)(F)F)cc2)n1. The summed E-state index contributed by atoms with van der Waals surface area (Å²) in [5, 5.41) is 2.72. The Balaban J connectivity index is 2.09. The van der Waals surface area contributed by atoms with E-state index in [1.54, 1.807) is 32.0 Å². The maximum atomic E-state index is 12.5. The zero-order chi connectivity index (χ0) is 16.3. The van der Waals surface area contributed by atoms with Gasteiger partial charge in [-0.3, -0.25) is 4.79 Å². The van der Waals surface area contributed by atoms with E-state index in [9.17, 15) is 18.0 Å². The number of pyridine rings is 1. The first kappa shape index (κ1) is 16.0. The second kappa shape index (κ2) is 6.17. The van der Waals surface area contributed by atoms with E-state index in [1.165, 1.54) is 12.1 Å². The molecule has 0 saturated carbocycles. The van der Waals surface area contributed by atoms with Crippen LogP contribution in [-0.2, 0) is 6.18 Å². The molecule has 1 unspecified atom stereocenters. The maximum absolute atomic E-state index is 12.5. The molecule has 0 bridgehead atoms. The van der Waals surface area contributed by atoms with Gasteiger partial charge in [-0.15, -0.1) is 0 Å². The number of carbonyl (C=O) groups is 1. The molecule has 0 fully saturated rings. The van der Waals surface area contributed by atoms with E-state index in [4.69, 9.17) is 0 Å². The zero-order valence-corrected chi connectivity index (χ0v) is 12.1. The van der Waals surface area contributed by atoms with E-state index < -0.39 is 17.8 Å². The third-order valence-electron chi connectivity index (χ3n) is 3.21. The molecule has 0 spiro atoms. The quantitative estimate of drug-likeness (QED) is 0.934. The van der Waals surface area contributed by atoms with Crippen LogP contribution in [0.15, 0.2) is 42.5 Å². The highest BCUT2D eigenvalue weighted by Crippen LogP contribution is 2.29. The Kier molecular flexibility index (Phi) is 4.49. The van der Waals surface area contributed by atoms with E-state index in [0.717, 1.165) is 17.8 Å². The molecule has 0 aliphatic rings. The van der Waals surface area contributed by atoms with Crippen LogP contribution >= 0.6 is 0 Å². The number of rotatable bonds is 3. The van der Waals surface area contributed by atoms with Crippen molar-refractivity contribution < 1.29 is 18.0 Å². The van der Waals surface area contributed by atoms with Crippen LogP contribution in [0.4, 0.5) is 13.2 Å². The molecular weight excluding hydrogens is 293 g/mol. The second-order valence-electron chi connectivity index (χ2n) is 4.98. The summed E-state index contributed by atoms with van der Waals surface area (Å²) in [5.41, 5.74) is 0.873. The lowest BCUT2D eigenvalue weighted by atomic mass is 10.1. The lowest BCUT2D eigenvalue weighted by Gasteiger charge is -2.15. The summed E-state index contributed by atoms with van der Waals surface area (Å²) in [4.78, 5) is 16.2. The van der Waals surface area contributed by atoms with Crippen LogP contribution in [0, 0.1) is 6.92 Å². The molecule has 2 rings (SSSR count). The third-order valence-corrected chi connectivity index (χ3v) is 3.21. The number of nitrogens with zero attached hydrogens (tertiary/aromatic N) is 1. The van der Waals surface area contributed by atoms with Crippen molar-refractivity contribution in [2.75, 3.05) is 0 Å². The Hall–Kier alpha value is -2.37. The third kappa shape index (κ3) is 3.84. The van der Waals surface area contributed by atoms with Crippen molar-refractivity contribution in [2.24, 2.45) is 0 Å². The van der Waals surface area contributed by atoms with Gasteiger partial charge in [0.2, 0.25) is 0 Å². The number of aromatic nitrogens is 1. The minimum Gasteiger partial charge on any atom is -0.344 e. The first-order valence-electron chi connectivity index (χ1n) is 6.69. The molecule has 1 N–H and O–H groups in total. The summed E-state index contributed by atoms with van der Waals surface area (Å²) in [6.07, 6.45) is -4.36. The summed E-state index contributed by atoms with van der Waals surface area (Å²) in [5.74, 6) is -0.365. The molecule has 22 heavy (non-hydrogen) atoms. The number of alkyl halides is 3. The normalized spacial score (nSPS) is 12.8. The minimum atomic E-state index is -4.36. The Morgan fingerprint density at radius 1 is 1.14 bits per heavy atom. The smallest absolute Gasteiger partial charge is 0.344 e. The molecular formula is C16H15F3N2O. The van der Waals surface area contributed by atoms with Gasteiger partial charge in [0.05, 0.1) is 11.6 Å². The molecule has 116 valence electrons. The number of nitrogens with one attached hydrogen (secondary N) is 1. The van der Waals surface area contributed by atoms with E-state index in [2.05, 4.69) is 10.3 Å². The number of aryl methyl sites for hydroxylation is 1. The van der Waals surface area contributed by atoms with Crippen molar-refractivity contribution in [2.45, 2.75) is 26.1 Å². The topological polar surface area (TPSA) is 42.0 Å². The Bertz CT molecular complexity index is 666. The van der Waals surface area contributed by atoms with Crippen molar-refractivity contribution in [1.29, 1.82) is 0 Å². The average Bonchev–Trinajstić information content (AvgIpc) is 2.46. The number of benzene rings is 1. The highest BCUT2D eigenvalue weighted by molar-refractivity contribution is 5.92. The monoisotopic (exact) mass is 308 g/mol. The van der Waals surface area contributed by atoms with Gasteiger partial charge < -0.3 is 5.32 Å². The van der Waals surface area contributed by atoms with Gasteiger partial charge in [0.1, 0.15) is 5.69 Å². The van der Waals surface area contributed by atoms with Gasteiger partial charge in [0.15, 0.2) is 0 Å². The van der Waals surface area contributed by atoms with Gasteiger partial charge in [0, 0.05) is 5.69 Å². The Morgan fingerprint density at radius 3 is 2.32 bits per heavy atom. The fourth-order valence-corrected chi connectivity index (χ4v) is 1.98. The number of carbonyl (C=O) groups excluding carboxylic acids is 1. The fourth-order valence-electron chi connectivity index (χ4n) is 1.98. The highest BCUT2D eigenvalue weighted by Gasteiger charge is 2.30. The van der Waals surface area contributed by atoms with E-state index in [0.29, 0.717) is 5.56 Å². The van der Waals surface area contributed by atoms with Crippen molar-refractivity contribution in [1.82, 2.24) is 10.3 Å². The van der Waals surface area contributed by atoms with E-state index >= 15 is 0 Å². The van der Waals surface area contributed by atoms with Crippen LogP contribution in [0.5, 0.6) is 0 Å². The molecule has 0 radical (unpaired) electrons. The van der Waals surface area contributed by atoms with Crippen LogP contribution < -0.4 is 5.32 Å². The van der Waals surface area contributed by atoms with Crippen LogP contribution in [0.25, 0.3) is 0 Å². The van der Waals surface area contributed by atoms with Crippen LogP contribution in [-0.4, -0.2) is 10.9 Å². The number of hydrogen-bond donors (Lipinski definition) is 1. The van der Waals surface area contributed by atoms with Crippen molar-refractivity contribution in [3.05, 3.63) is 65.0 Å². The second-order valence-corrected chi connectivity index (χ2v) is 4.98. The molecule has 2 aromatic rings. The van der Waals surface area contributed by atoms with Crippen LogP contribution in [0.1, 0.15) is 40.3 Å². The number of halogens is 3. The van der Waals surface area contributed by atoms with Gasteiger partial charge >= 0.3 is 6.18 Å². The minimum absolute atomic E-state index is 0.277. The van der Waals surface area contributed by atoms with Crippen LogP contribution in [0.2, 0.25) is 0 Å². The molecule has 1 heterocycles. The van der Waals surface area contributed by atoms with Gasteiger partial charge in [-0.25, -0.2) is 4.98 Å². The molecule has 0 aliphatic heterocycles. The summed E-state index contributed by atoms with van der Waals surface area (Å²) in [6.45, 7) is 3.48. The van der Waals surface area contributed by atoms with Gasteiger partial charge in [0.25, 0.3) is 5.91 Å². The summed E-state index contributed by atoms with van der Waals surface area (Å²) >= 11 is 0. The first-order valence-corrected chi connectivity index (χ1v) is 6.69. The Labute approximate surface area is 126 Å². The van der Waals surface area contributed by atoms with E-state index in [1.807, 2.05) is 0 Å². The summed E-state index contributed by atoms with van der Waals surface area (Å²) < 4.78 is 37.5. The van der Waals surface area contributed by atoms with E-state index in [-0.39, 0.29) is 11.6 Å². The van der Waals surface area contributed by atoms with Crippen molar-refractivity contribution in [3.8, 4) is 0 Å². The predicted molar refractivity (Wildman–Crippen MR) is 76.3 cm³/mol. The zero-order valence-electron chi connectivity index (χ0n) is 12.1. The Morgan fingerprint density at radius 2 is 1.77 bits per heavy atom. The summed E-state index contributed by atoms with van der Waals surface area (Å²) in [6, 6.07) is 9.38. The molecule has 0 aliphatic carbocycles. The molecule has 3 nitrogen and oxygen atoms in total. The standard InChI is InChI=1S/C16H15F3N2O/c1-10-4-3-5-14(20-10)15(22)21-11(2)12-6-8-13(9-7-12)16(17,18)19/h3-9,11H,1-2H3,(H,21,22). The molecule has 1 amide bonds. The largest absolute Gasteiger partial charge is 0.416 e. The van der Waals surface area contributed by atoms with Crippen molar-refractivity contribution >= 4 is 5.91 Å². The lowest BCUT2D eigenvalue weighted by Crippen LogP contribution is -2.27. The van der Waals surface area contributed by atoms with Crippen molar-refractivity contribution in [3.63, 3.8) is 0 Å². The summed E-state index contributed by atoms with van der Waals surface area (Å²) in [7, 11) is 0. The first-order chi connectivity index (χ1) is 10.3. The molecule has 0 saturated heterocycles. The number of amides is 1. The fraction of sp³-hybridized carbons (Fsp3) is 0.250. The van der Waals surface area contributed by atoms with Gasteiger partial charge in [-0.2, -0.15) is 13.2 Å². The van der Waals surface area contributed by atoms with Crippen LogP contribution in [0.3, 0.4) is 0 Å². The predicted octanol–water partition coefficient (Wildman–Crippen LogP) is 3.90. The highest BCUT2D eigenvalue weighted by atomic mass is 19.4. The molecule has 1 aromatic heterocycles. The molecule has 6 heteroatoms. The lowest BCUT2D eigenvalue weighted by molar-refractivity contribution is -0.137. The molecule has 1 aromatic carbocycles. The van der Waals surface area contributed by atoms with Gasteiger partial charge in [-0.05, 0) is 43.7 Å².